The van der Waals surface area contributed by atoms with E-state index in [1.54, 1.807) is 17.6 Å². The molecule has 0 aliphatic carbocycles. The molecule has 0 bridgehead atoms. The van der Waals surface area contributed by atoms with E-state index < -0.39 is 11.6 Å². The van der Waals surface area contributed by atoms with E-state index in [-0.39, 0.29) is 22.6 Å². The van der Waals surface area contributed by atoms with Gasteiger partial charge in [-0.25, -0.2) is 23.7 Å². The molecule has 0 radical (unpaired) electrons. The molecule has 4 nitrogen and oxygen atoms in total. The van der Waals surface area contributed by atoms with Gasteiger partial charge < -0.3 is 4.57 Å². The maximum absolute atomic E-state index is 15.0. The fourth-order valence-electron chi connectivity index (χ4n) is 2.61. The van der Waals surface area contributed by atoms with Gasteiger partial charge in [0.15, 0.2) is 11.6 Å². The number of imidazole rings is 1. The van der Waals surface area contributed by atoms with Crippen LogP contribution in [0.1, 0.15) is 25.7 Å². The van der Waals surface area contributed by atoms with Crippen LogP contribution < -0.4 is 0 Å². The monoisotopic (exact) mass is 322 g/mol. The normalized spacial score (nSPS) is 11.6. The number of aryl methyl sites for hydroxylation is 1. The van der Waals surface area contributed by atoms with Gasteiger partial charge in [0.1, 0.15) is 17.0 Å². The minimum atomic E-state index is -0.727. The number of benzene rings is 1. The van der Waals surface area contributed by atoms with Gasteiger partial charge >= 0.3 is 0 Å². The van der Waals surface area contributed by atoms with E-state index >= 15 is 0 Å². The fourth-order valence-corrected chi connectivity index (χ4v) is 2.75. The van der Waals surface area contributed by atoms with Gasteiger partial charge in [-0.15, -0.1) is 0 Å². The molecular weight excluding hydrogens is 310 g/mol. The van der Waals surface area contributed by atoms with E-state index in [1.807, 2.05) is 13.8 Å². The molecule has 0 saturated carbocycles. The highest BCUT2D eigenvalue weighted by Crippen LogP contribution is 2.31. The SMILES string of the molecule is Cc1nc2ccc(-c3nc(Cl)ncc3F)c(F)c2n1C(C)C. The average molecular weight is 323 g/mol. The zero-order valence-electron chi connectivity index (χ0n) is 12.2. The molecule has 0 amide bonds. The van der Waals surface area contributed by atoms with Crippen LogP contribution >= 0.6 is 11.6 Å². The summed E-state index contributed by atoms with van der Waals surface area (Å²) in [4.78, 5) is 11.7. The zero-order valence-corrected chi connectivity index (χ0v) is 13.0. The van der Waals surface area contributed by atoms with Crippen molar-refractivity contribution >= 4 is 22.6 Å². The Morgan fingerprint density at radius 1 is 1.18 bits per heavy atom. The second kappa shape index (κ2) is 5.28. The Morgan fingerprint density at radius 2 is 1.91 bits per heavy atom. The Kier molecular flexibility index (Phi) is 3.56. The quantitative estimate of drug-likeness (QED) is 0.660. The molecule has 0 aliphatic rings. The number of fused-ring (bicyclic) bond motifs is 1. The van der Waals surface area contributed by atoms with Crippen LogP contribution in [0.2, 0.25) is 5.28 Å². The fraction of sp³-hybridized carbons (Fsp3) is 0.267. The van der Waals surface area contributed by atoms with Crippen LogP contribution in [0.3, 0.4) is 0 Å². The van der Waals surface area contributed by atoms with Gasteiger partial charge in [-0.3, -0.25) is 0 Å². The van der Waals surface area contributed by atoms with Gasteiger partial charge in [-0.1, -0.05) is 0 Å². The summed E-state index contributed by atoms with van der Waals surface area (Å²) in [7, 11) is 0. The van der Waals surface area contributed by atoms with E-state index in [0.717, 1.165) is 6.20 Å². The van der Waals surface area contributed by atoms with Crippen LogP contribution in [0, 0.1) is 18.6 Å². The number of halogens is 3. The molecule has 2 aromatic heterocycles. The first-order valence-electron chi connectivity index (χ1n) is 6.75. The third kappa shape index (κ3) is 2.23. The number of rotatable bonds is 2. The van der Waals surface area contributed by atoms with Crippen molar-refractivity contribution in [2.24, 2.45) is 0 Å². The van der Waals surface area contributed by atoms with Crippen molar-refractivity contribution < 1.29 is 8.78 Å². The highest BCUT2D eigenvalue weighted by molar-refractivity contribution is 6.28. The molecule has 0 N–H and O–H groups in total. The number of hydrogen-bond donors (Lipinski definition) is 0. The maximum Gasteiger partial charge on any atom is 0.223 e. The Hall–Kier alpha value is -2.08. The van der Waals surface area contributed by atoms with Crippen LogP contribution in [0.15, 0.2) is 18.3 Å². The minimum absolute atomic E-state index is 0.0218. The molecule has 1 aromatic carbocycles. The second-order valence-corrected chi connectivity index (χ2v) is 5.59. The molecule has 3 aromatic rings. The molecular formula is C15H13ClF2N4. The van der Waals surface area contributed by atoms with E-state index in [1.165, 1.54) is 6.07 Å². The number of hydrogen-bond acceptors (Lipinski definition) is 3. The molecule has 0 unspecified atom stereocenters. The Balaban J connectivity index is 2.35. The molecule has 3 rings (SSSR count). The van der Waals surface area contributed by atoms with E-state index in [2.05, 4.69) is 15.0 Å². The minimum Gasteiger partial charge on any atom is -0.323 e. The van der Waals surface area contributed by atoms with Crippen molar-refractivity contribution in [1.82, 2.24) is 19.5 Å². The highest BCUT2D eigenvalue weighted by atomic mass is 35.5. The van der Waals surface area contributed by atoms with Crippen LogP contribution in [-0.4, -0.2) is 19.5 Å². The summed E-state index contributed by atoms with van der Waals surface area (Å²) < 4.78 is 30.7. The zero-order chi connectivity index (χ0) is 16.0. The van der Waals surface area contributed by atoms with Gasteiger partial charge in [0, 0.05) is 11.6 Å². The summed E-state index contributed by atoms with van der Waals surface area (Å²) in [5.74, 6) is -0.599. The average Bonchev–Trinajstić information content (AvgIpc) is 2.79. The van der Waals surface area contributed by atoms with E-state index in [4.69, 9.17) is 11.6 Å². The molecule has 0 atom stereocenters. The predicted molar refractivity (Wildman–Crippen MR) is 80.8 cm³/mol. The lowest BCUT2D eigenvalue weighted by atomic mass is 10.1. The molecule has 114 valence electrons. The summed E-state index contributed by atoms with van der Waals surface area (Å²) in [6, 6.07) is 3.12. The molecule has 22 heavy (non-hydrogen) atoms. The molecule has 0 fully saturated rings. The molecule has 0 spiro atoms. The first-order chi connectivity index (χ1) is 10.4. The molecule has 0 aliphatic heterocycles. The van der Waals surface area contributed by atoms with Crippen LogP contribution in [0.4, 0.5) is 8.78 Å². The predicted octanol–water partition coefficient (Wildman–Crippen LogP) is 4.31. The van der Waals surface area contributed by atoms with Gasteiger partial charge in [-0.05, 0) is 44.5 Å². The van der Waals surface area contributed by atoms with Crippen molar-refractivity contribution in [3.05, 3.63) is 41.1 Å². The van der Waals surface area contributed by atoms with Crippen LogP contribution in [0.25, 0.3) is 22.3 Å². The van der Waals surface area contributed by atoms with E-state index in [0.29, 0.717) is 16.9 Å². The molecule has 0 saturated heterocycles. The highest BCUT2D eigenvalue weighted by Gasteiger charge is 2.20. The van der Waals surface area contributed by atoms with Gasteiger partial charge in [-0.2, -0.15) is 0 Å². The Morgan fingerprint density at radius 3 is 2.59 bits per heavy atom. The summed E-state index contributed by atoms with van der Waals surface area (Å²) in [6.45, 7) is 5.67. The number of aromatic nitrogens is 4. The van der Waals surface area contributed by atoms with Crippen LogP contribution in [-0.2, 0) is 0 Å². The van der Waals surface area contributed by atoms with Gasteiger partial charge in [0.25, 0.3) is 0 Å². The van der Waals surface area contributed by atoms with Crippen molar-refractivity contribution in [2.75, 3.05) is 0 Å². The van der Waals surface area contributed by atoms with Gasteiger partial charge in [0.05, 0.1) is 11.7 Å². The summed E-state index contributed by atoms with van der Waals surface area (Å²) in [5, 5.41) is -0.135. The first kappa shape index (κ1) is 14.8. The molecule has 7 heteroatoms. The topological polar surface area (TPSA) is 43.6 Å². The molecule has 2 heterocycles. The van der Waals surface area contributed by atoms with Crippen molar-refractivity contribution in [3.8, 4) is 11.3 Å². The smallest absolute Gasteiger partial charge is 0.223 e. The third-order valence-electron chi connectivity index (χ3n) is 3.45. The summed E-state index contributed by atoms with van der Waals surface area (Å²) >= 11 is 5.69. The second-order valence-electron chi connectivity index (χ2n) is 5.25. The van der Waals surface area contributed by atoms with E-state index in [9.17, 15) is 8.78 Å². The lowest BCUT2D eigenvalue weighted by Crippen LogP contribution is -2.05. The summed E-state index contributed by atoms with van der Waals surface area (Å²) in [6.07, 6.45) is 0.930. The third-order valence-corrected chi connectivity index (χ3v) is 3.63. The van der Waals surface area contributed by atoms with Crippen molar-refractivity contribution in [3.63, 3.8) is 0 Å². The summed E-state index contributed by atoms with van der Waals surface area (Å²) in [5.41, 5.74) is 0.733. The van der Waals surface area contributed by atoms with Gasteiger partial charge in [0.2, 0.25) is 5.28 Å². The Bertz CT molecular complexity index is 874. The lowest BCUT2D eigenvalue weighted by molar-refractivity contribution is 0.574. The largest absolute Gasteiger partial charge is 0.323 e. The Labute approximate surface area is 130 Å². The standard InChI is InChI=1S/C15H13ClF2N4/c1-7(2)22-8(3)20-11-5-4-9(12(18)14(11)22)13-10(17)6-19-15(16)21-13/h4-7H,1-3H3. The van der Waals surface area contributed by atoms with Crippen molar-refractivity contribution in [1.29, 1.82) is 0 Å². The maximum atomic E-state index is 15.0. The lowest BCUT2D eigenvalue weighted by Gasteiger charge is -2.12. The van der Waals surface area contributed by atoms with Crippen LogP contribution in [0.5, 0.6) is 0 Å². The first-order valence-corrected chi connectivity index (χ1v) is 7.13. The van der Waals surface area contributed by atoms with Crippen molar-refractivity contribution in [2.45, 2.75) is 26.8 Å². The number of nitrogens with zero attached hydrogens (tertiary/aromatic N) is 4.